The molecule has 0 N–H and O–H groups in total. The number of rotatable bonds is 2. The predicted molar refractivity (Wildman–Crippen MR) is 36.7 cm³/mol. The van der Waals surface area contributed by atoms with Crippen LogP contribution in [0, 0.1) is 6.26 Å². The molecule has 0 bridgehead atoms. The lowest BCUT2D eigenvalue weighted by Gasteiger charge is -1.90. The maximum absolute atomic E-state index is 4.76. The van der Waals surface area contributed by atoms with E-state index in [0.717, 1.165) is 18.0 Å². The van der Waals surface area contributed by atoms with Crippen molar-refractivity contribution in [3.05, 3.63) is 17.5 Å². The summed E-state index contributed by atoms with van der Waals surface area (Å²) in [6.07, 6.45) is 6.40. The second kappa shape index (κ2) is 2.11. The van der Waals surface area contributed by atoms with Crippen LogP contribution in [0.5, 0.6) is 0 Å². The van der Waals surface area contributed by atoms with E-state index in [1.54, 1.807) is 0 Å². The molecule has 0 amide bonds. The van der Waals surface area contributed by atoms with E-state index in [0.29, 0.717) is 0 Å². The summed E-state index contributed by atoms with van der Waals surface area (Å²) in [5.41, 5.74) is 2.32. The molecule has 0 aromatic carbocycles. The molecule has 0 atom stereocenters. The van der Waals surface area contributed by atoms with Crippen LogP contribution in [-0.4, -0.2) is 5.16 Å². The van der Waals surface area contributed by atoms with Crippen LogP contribution in [0.4, 0.5) is 0 Å². The Bertz CT molecular complexity index is 225. The fraction of sp³-hybridized carbons (Fsp3) is 0.625. The van der Waals surface area contributed by atoms with Gasteiger partial charge in [-0.2, -0.15) is 0 Å². The van der Waals surface area contributed by atoms with Gasteiger partial charge >= 0.3 is 0 Å². The van der Waals surface area contributed by atoms with Crippen molar-refractivity contribution in [2.75, 3.05) is 0 Å². The van der Waals surface area contributed by atoms with Gasteiger partial charge in [-0.25, -0.2) is 0 Å². The number of nitrogens with zero attached hydrogens (tertiary/aromatic N) is 1. The second-order valence-corrected chi connectivity index (χ2v) is 2.77. The topological polar surface area (TPSA) is 26.0 Å². The average Bonchev–Trinajstić information content (AvgIpc) is 2.69. The standard InChI is InChI=1S/C8H10NO/c1-2-8-7(5-10-9-8)6-3-4-6/h6H,2-4H2,1H3. The molecule has 0 saturated heterocycles. The molecule has 0 unspecified atom stereocenters. The molecular weight excluding hydrogens is 126 g/mol. The van der Waals surface area contributed by atoms with Crippen molar-refractivity contribution in [3.8, 4) is 0 Å². The van der Waals surface area contributed by atoms with Crippen LogP contribution in [-0.2, 0) is 6.42 Å². The van der Waals surface area contributed by atoms with Gasteiger partial charge in [0.15, 0.2) is 0 Å². The average molecular weight is 136 g/mol. The second-order valence-electron chi connectivity index (χ2n) is 2.77. The first-order valence-electron chi connectivity index (χ1n) is 3.78. The Hall–Kier alpha value is -0.790. The minimum absolute atomic E-state index is 0.723. The normalized spacial score (nSPS) is 17.7. The Balaban J connectivity index is 2.28. The summed E-state index contributed by atoms with van der Waals surface area (Å²) in [6, 6.07) is 0. The van der Waals surface area contributed by atoms with Gasteiger partial charge in [0.2, 0.25) is 6.26 Å². The third kappa shape index (κ3) is 0.838. The first-order chi connectivity index (χ1) is 4.92. The molecule has 1 heterocycles. The molecule has 1 aliphatic carbocycles. The van der Waals surface area contributed by atoms with E-state index in [9.17, 15) is 0 Å². The molecule has 0 aliphatic heterocycles. The third-order valence-corrected chi connectivity index (χ3v) is 1.94. The van der Waals surface area contributed by atoms with E-state index in [2.05, 4.69) is 18.3 Å². The maximum atomic E-state index is 4.76. The molecule has 1 radical (unpaired) electrons. The lowest BCUT2D eigenvalue weighted by molar-refractivity contribution is 0.405. The van der Waals surface area contributed by atoms with E-state index >= 15 is 0 Å². The lowest BCUT2D eigenvalue weighted by Crippen LogP contribution is -1.85. The minimum Gasteiger partial charge on any atom is -0.352 e. The van der Waals surface area contributed by atoms with Gasteiger partial charge in [0.1, 0.15) is 0 Å². The molecule has 0 spiro atoms. The smallest absolute Gasteiger partial charge is 0.208 e. The molecular formula is C8H10NO. The van der Waals surface area contributed by atoms with E-state index in [4.69, 9.17) is 4.52 Å². The highest BCUT2D eigenvalue weighted by Crippen LogP contribution is 2.41. The summed E-state index contributed by atoms with van der Waals surface area (Å²) in [4.78, 5) is 0. The number of hydrogen-bond acceptors (Lipinski definition) is 2. The molecule has 1 aromatic rings. The van der Waals surface area contributed by atoms with E-state index in [1.807, 2.05) is 0 Å². The van der Waals surface area contributed by atoms with Crippen LogP contribution >= 0.6 is 0 Å². The number of hydrogen-bond donors (Lipinski definition) is 0. The lowest BCUT2D eigenvalue weighted by atomic mass is 10.1. The van der Waals surface area contributed by atoms with Gasteiger partial charge in [-0.1, -0.05) is 12.1 Å². The van der Waals surface area contributed by atoms with E-state index in [-0.39, 0.29) is 0 Å². The summed E-state index contributed by atoms with van der Waals surface area (Å²) < 4.78 is 4.76. The van der Waals surface area contributed by atoms with Crippen molar-refractivity contribution >= 4 is 0 Å². The molecule has 10 heavy (non-hydrogen) atoms. The maximum Gasteiger partial charge on any atom is 0.208 e. The zero-order chi connectivity index (χ0) is 6.97. The Kier molecular flexibility index (Phi) is 1.26. The SMILES string of the molecule is CCc1no[c]c1C1CC1. The van der Waals surface area contributed by atoms with Crippen LogP contribution in [0.25, 0.3) is 0 Å². The molecule has 2 heteroatoms. The Labute approximate surface area is 60.2 Å². The third-order valence-electron chi connectivity index (χ3n) is 1.94. The van der Waals surface area contributed by atoms with Gasteiger partial charge in [0.05, 0.1) is 5.69 Å². The summed E-state index contributed by atoms with van der Waals surface area (Å²) in [5.74, 6) is 0.723. The van der Waals surface area contributed by atoms with Crippen LogP contribution < -0.4 is 0 Å². The van der Waals surface area contributed by atoms with Crippen molar-refractivity contribution in [1.29, 1.82) is 0 Å². The molecule has 2 rings (SSSR count). The Morgan fingerprint density at radius 2 is 2.50 bits per heavy atom. The first-order valence-corrected chi connectivity index (χ1v) is 3.78. The highest BCUT2D eigenvalue weighted by atomic mass is 16.5. The van der Waals surface area contributed by atoms with Crippen LogP contribution in [0.15, 0.2) is 4.52 Å². The molecule has 2 nitrogen and oxygen atoms in total. The van der Waals surface area contributed by atoms with E-state index < -0.39 is 0 Å². The van der Waals surface area contributed by atoms with Gasteiger partial charge < -0.3 is 4.52 Å². The summed E-state index contributed by atoms with van der Waals surface area (Å²) in [5, 5.41) is 3.87. The van der Waals surface area contributed by atoms with Gasteiger partial charge in [-0.15, -0.1) is 0 Å². The Morgan fingerprint density at radius 1 is 1.70 bits per heavy atom. The van der Waals surface area contributed by atoms with Crippen LogP contribution in [0.2, 0.25) is 0 Å². The molecule has 53 valence electrons. The van der Waals surface area contributed by atoms with Crippen molar-refractivity contribution in [2.45, 2.75) is 32.1 Å². The molecule has 1 saturated carbocycles. The monoisotopic (exact) mass is 136 g/mol. The minimum atomic E-state index is 0.723. The zero-order valence-electron chi connectivity index (χ0n) is 6.05. The summed E-state index contributed by atoms with van der Waals surface area (Å²) in [6.45, 7) is 2.09. The summed E-state index contributed by atoms with van der Waals surface area (Å²) in [7, 11) is 0. The predicted octanol–water partition coefficient (Wildman–Crippen LogP) is 1.91. The number of aryl methyl sites for hydroxylation is 1. The van der Waals surface area contributed by atoms with Crippen LogP contribution in [0.3, 0.4) is 0 Å². The fourth-order valence-electron chi connectivity index (χ4n) is 1.18. The van der Waals surface area contributed by atoms with E-state index in [1.165, 1.54) is 18.4 Å². The highest BCUT2D eigenvalue weighted by molar-refractivity contribution is 5.22. The van der Waals surface area contributed by atoms with Crippen molar-refractivity contribution in [3.63, 3.8) is 0 Å². The molecule has 1 aromatic heterocycles. The quantitative estimate of drug-likeness (QED) is 0.620. The molecule has 1 fully saturated rings. The Morgan fingerprint density at radius 3 is 3.10 bits per heavy atom. The van der Waals surface area contributed by atoms with Crippen molar-refractivity contribution < 1.29 is 4.52 Å². The van der Waals surface area contributed by atoms with Gasteiger partial charge in [-0.3, -0.25) is 0 Å². The van der Waals surface area contributed by atoms with Gasteiger partial charge in [0, 0.05) is 5.56 Å². The highest BCUT2D eigenvalue weighted by Gasteiger charge is 2.28. The largest absolute Gasteiger partial charge is 0.352 e. The fourth-order valence-corrected chi connectivity index (χ4v) is 1.18. The van der Waals surface area contributed by atoms with Crippen molar-refractivity contribution in [2.24, 2.45) is 0 Å². The van der Waals surface area contributed by atoms with Crippen LogP contribution in [0.1, 0.15) is 36.9 Å². The number of aromatic nitrogens is 1. The summed E-state index contributed by atoms with van der Waals surface area (Å²) >= 11 is 0. The van der Waals surface area contributed by atoms with Crippen molar-refractivity contribution in [1.82, 2.24) is 5.16 Å². The first kappa shape index (κ1) is 5.96. The van der Waals surface area contributed by atoms with Gasteiger partial charge in [0.25, 0.3) is 0 Å². The molecule has 1 aliphatic rings. The van der Waals surface area contributed by atoms with Gasteiger partial charge in [-0.05, 0) is 25.2 Å². The zero-order valence-corrected chi connectivity index (χ0v) is 6.05.